The van der Waals surface area contributed by atoms with Crippen molar-refractivity contribution in [3.63, 3.8) is 0 Å². The average Bonchev–Trinajstić information content (AvgIpc) is 2.36. The van der Waals surface area contributed by atoms with E-state index in [1.54, 1.807) is 11.9 Å². The lowest BCUT2D eigenvalue weighted by Crippen LogP contribution is -2.53. The lowest BCUT2D eigenvalue weighted by Gasteiger charge is -2.44. The van der Waals surface area contributed by atoms with E-state index in [9.17, 15) is 9.59 Å². The second-order valence-corrected chi connectivity index (χ2v) is 5.56. The summed E-state index contributed by atoms with van der Waals surface area (Å²) >= 11 is 0. The van der Waals surface area contributed by atoms with Crippen LogP contribution in [0.15, 0.2) is 0 Å². The van der Waals surface area contributed by atoms with Crippen molar-refractivity contribution >= 4 is 11.9 Å². The van der Waals surface area contributed by atoms with Gasteiger partial charge in [-0.2, -0.15) is 0 Å². The summed E-state index contributed by atoms with van der Waals surface area (Å²) in [4.78, 5) is 25.1. The van der Waals surface area contributed by atoms with Crippen molar-refractivity contribution in [1.29, 1.82) is 0 Å². The zero-order valence-electron chi connectivity index (χ0n) is 11.7. The van der Waals surface area contributed by atoms with Crippen molar-refractivity contribution in [2.24, 2.45) is 5.92 Å². The first-order valence-electron chi connectivity index (χ1n) is 6.92. The first-order valence-corrected chi connectivity index (χ1v) is 6.92. The third-order valence-electron chi connectivity index (χ3n) is 4.34. The number of nitrogens with zero attached hydrogens (tertiary/aromatic N) is 1. The van der Waals surface area contributed by atoms with Crippen LogP contribution < -0.4 is 0 Å². The summed E-state index contributed by atoms with van der Waals surface area (Å²) in [5, 5.41) is 9.12. The Morgan fingerprint density at radius 3 is 2.28 bits per heavy atom. The van der Waals surface area contributed by atoms with Crippen molar-refractivity contribution < 1.29 is 14.7 Å². The molecule has 0 bridgehead atoms. The van der Waals surface area contributed by atoms with Crippen molar-refractivity contribution in [1.82, 2.24) is 4.90 Å². The lowest BCUT2D eigenvalue weighted by atomic mass is 9.77. The van der Waals surface area contributed by atoms with Crippen molar-refractivity contribution in [2.75, 3.05) is 7.05 Å². The molecule has 0 aromatic heterocycles. The molecule has 18 heavy (non-hydrogen) atoms. The summed E-state index contributed by atoms with van der Waals surface area (Å²) in [6.07, 6.45) is 5.69. The van der Waals surface area contributed by atoms with Gasteiger partial charge in [-0.3, -0.25) is 9.59 Å². The highest BCUT2D eigenvalue weighted by Gasteiger charge is 2.41. The van der Waals surface area contributed by atoms with Crippen LogP contribution in [0.3, 0.4) is 0 Å². The maximum Gasteiger partial charge on any atom is 0.305 e. The van der Waals surface area contributed by atoms with Crippen LogP contribution in [0.5, 0.6) is 0 Å². The van der Waals surface area contributed by atoms with Gasteiger partial charge in [0.25, 0.3) is 0 Å². The van der Waals surface area contributed by atoms with E-state index >= 15 is 0 Å². The molecule has 0 aliphatic heterocycles. The van der Waals surface area contributed by atoms with Gasteiger partial charge >= 0.3 is 5.97 Å². The third-order valence-corrected chi connectivity index (χ3v) is 4.34. The van der Waals surface area contributed by atoms with Crippen LogP contribution in [0.1, 0.15) is 58.8 Å². The number of hydrogen-bond donors (Lipinski definition) is 1. The molecule has 104 valence electrons. The maximum absolute atomic E-state index is 12.3. The van der Waals surface area contributed by atoms with E-state index in [4.69, 9.17) is 5.11 Å². The molecule has 0 aromatic carbocycles. The zero-order chi connectivity index (χ0) is 13.8. The van der Waals surface area contributed by atoms with Gasteiger partial charge in [-0.15, -0.1) is 0 Å². The molecule has 0 spiro atoms. The van der Waals surface area contributed by atoms with Gasteiger partial charge in [0.1, 0.15) is 0 Å². The Balaban J connectivity index is 2.88. The smallest absolute Gasteiger partial charge is 0.305 e. The Kier molecular flexibility index (Phi) is 5.17. The van der Waals surface area contributed by atoms with E-state index in [0.717, 1.165) is 38.5 Å². The summed E-state index contributed by atoms with van der Waals surface area (Å²) in [5.41, 5.74) is -0.454. The van der Waals surface area contributed by atoms with E-state index in [0.29, 0.717) is 0 Å². The third kappa shape index (κ3) is 3.24. The van der Waals surface area contributed by atoms with Crippen LogP contribution >= 0.6 is 0 Å². The molecule has 0 heterocycles. The van der Waals surface area contributed by atoms with E-state index in [1.807, 2.05) is 13.8 Å². The van der Waals surface area contributed by atoms with Gasteiger partial charge in [0.15, 0.2) is 0 Å². The van der Waals surface area contributed by atoms with Gasteiger partial charge < -0.3 is 10.0 Å². The quantitative estimate of drug-likeness (QED) is 0.821. The van der Waals surface area contributed by atoms with Gasteiger partial charge in [-0.1, -0.05) is 33.1 Å². The summed E-state index contributed by atoms with van der Waals surface area (Å²) in [6.45, 7) is 3.90. The minimum absolute atomic E-state index is 0.0254. The first-order chi connectivity index (χ1) is 8.43. The number of amides is 1. The van der Waals surface area contributed by atoms with Gasteiger partial charge in [-0.05, 0) is 19.3 Å². The fourth-order valence-corrected chi connectivity index (χ4v) is 2.86. The molecule has 0 saturated heterocycles. The Morgan fingerprint density at radius 2 is 1.83 bits per heavy atom. The second-order valence-electron chi connectivity index (χ2n) is 5.56. The highest BCUT2D eigenvalue weighted by atomic mass is 16.4. The van der Waals surface area contributed by atoms with E-state index < -0.39 is 11.5 Å². The SMILES string of the molecule is CCC(C)C(=O)N(C)C1(CC(=O)O)CCCCC1. The number of hydrogen-bond acceptors (Lipinski definition) is 2. The molecular formula is C14H25NO3. The van der Waals surface area contributed by atoms with Crippen molar-refractivity contribution in [3.05, 3.63) is 0 Å². The standard InChI is InChI=1S/C14H25NO3/c1-4-11(2)13(18)15(3)14(10-12(16)17)8-6-5-7-9-14/h11H,4-10H2,1-3H3,(H,16,17). The molecule has 1 unspecified atom stereocenters. The van der Waals surface area contributed by atoms with Crippen LogP contribution in [0.25, 0.3) is 0 Å². The minimum Gasteiger partial charge on any atom is -0.481 e. The van der Waals surface area contributed by atoms with Gasteiger partial charge in [0.05, 0.1) is 12.0 Å². The molecule has 0 radical (unpaired) electrons. The number of carbonyl (C=O) groups excluding carboxylic acids is 1. The van der Waals surface area contributed by atoms with E-state index in [2.05, 4.69) is 0 Å². The molecule has 1 rings (SSSR count). The molecule has 1 aliphatic rings. The molecule has 1 atom stereocenters. The molecule has 1 fully saturated rings. The normalized spacial score (nSPS) is 20.2. The lowest BCUT2D eigenvalue weighted by molar-refractivity contribution is -0.147. The van der Waals surface area contributed by atoms with Crippen LogP contribution in [0, 0.1) is 5.92 Å². The summed E-state index contributed by atoms with van der Waals surface area (Å²) in [5.74, 6) is -0.746. The predicted octanol–water partition coefficient (Wildman–Crippen LogP) is 2.67. The fourth-order valence-electron chi connectivity index (χ4n) is 2.86. The maximum atomic E-state index is 12.3. The van der Waals surface area contributed by atoms with Gasteiger partial charge in [0.2, 0.25) is 5.91 Å². The Morgan fingerprint density at radius 1 is 1.28 bits per heavy atom. The van der Waals surface area contributed by atoms with Crippen LogP contribution in [-0.4, -0.2) is 34.5 Å². The highest BCUT2D eigenvalue weighted by Crippen LogP contribution is 2.36. The average molecular weight is 255 g/mol. The minimum atomic E-state index is -0.805. The number of aliphatic carboxylic acids is 1. The predicted molar refractivity (Wildman–Crippen MR) is 70.3 cm³/mol. The fraction of sp³-hybridized carbons (Fsp3) is 0.857. The number of carboxylic acid groups (broad SMARTS) is 1. The van der Waals surface area contributed by atoms with E-state index in [1.165, 1.54) is 0 Å². The number of rotatable bonds is 5. The number of carboxylic acids is 1. The zero-order valence-corrected chi connectivity index (χ0v) is 11.7. The Hall–Kier alpha value is -1.06. The monoisotopic (exact) mass is 255 g/mol. The van der Waals surface area contributed by atoms with Crippen LogP contribution in [0.2, 0.25) is 0 Å². The molecule has 0 aromatic rings. The number of carbonyl (C=O) groups is 2. The molecule has 4 heteroatoms. The van der Waals surface area contributed by atoms with Crippen molar-refractivity contribution in [3.8, 4) is 0 Å². The molecule has 1 saturated carbocycles. The summed E-state index contributed by atoms with van der Waals surface area (Å²) in [7, 11) is 1.78. The summed E-state index contributed by atoms with van der Waals surface area (Å²) < 4.78 is 0. The second kappa shape index (κ2) is 6.21. The van der Waals surface area contributed by atoms with Crippen LogP contribution in [0.4, 0.5) is 0 Å². The first kappa shape index (κ1) is 15.0. The molecule has 4 nitrogen and oxygen atoms in total. The molecular weight excluding hydrogens is 230 g/mol. The molecule has 1 N–H and O–H groups in total. The van der Waals surface area contributed by atoms with Gasteiger partial charge in [-0.25, -0.2) is 0 Å². The largest absolute Gasteiger partial charge is 0.481 e. The van der Waals surface area contributed by atoms with Crippen molar-refractivity contribution in [2.45, 2.75) is 64.3 Å². The highest BCUT2D eigenvalue weighted by molar-refractivity contribution is 5.80. The molecule has 1 amide bonds. The van der Waals surface area contributed by atoms with E-state index in [-0.39, 0.29) is 18.2 Å². The Bertz CT molecular complexity index is 308. The summed E-state index contributed by atoms with van der Waals surface area (Å²) in [6, 6.07) is 0. The molecule has 1 aliphatic carbocycles. The van der Waals surface area contributed by atoms with Gasteiger partial charge in [0, 0.05) is 13.0 Å². The Labute approximate surface area is 109 Å². The topological polar surface area (TPSA) is 57.6 Å². The van der Waals surface area contributed by atoms with Crippen LogP contribution in [-0.2, 0) is 9.59 Å².